The molecule has 2 aromatic carbocycles. The van der Waals surface area contributed by atoms with Crippen LogP contribution < -0.4 is 10.4 Å². The van der Waals surface area contributed by atoms with Crippen LogP contribution in [-0.4, -0.2) is 19.8 Å². The number of benzene rings is 2. The Bertz CT molecular complexity index is 625. The van der Waals surface area contributed by atoms with Crippen molar-refractivity contribution in [3.63, 3.8) is 0 Å². The molecule has 2 nitrogen and oxygen atoms in total. The van der Waals surface area contributed by atoms with E-state index >= 15 is 0 Å². The fraction of sp³-hybridized carbons (Fsp3) is 0.455. The van der Waals surface area contributed by atoms with Gasteiger partial charge in [0.25, 0.3) is 0 Å². The van der Waals surface area contributed by atoms with Crippen LogP contribution in [0.1, 0.15) is 52.7 Å². The van der Waals surface area contributed by atoms with Crippen LogP contribution in [-0.2, 0) is 8.85 Å². The molecule has 2 rings (SSSR count). The molecule has 0 radical (unpaired) electrons. The lowest BCUT2D eigenvalue weighted by atomic mass is 10.2. The first-order chi connectivity index (χ1) is 11.4. The highest BCUT2D eigenvalue weighted by Crippen LogP contribution is 2.24. The Labute approximate surface area is 154 Å². The summed E-state index contributed by atoms with van der Waals surface area (Å²) in [6, 6.07) is 17.2. The van der Waals surface area contributed by atoms with Crippen molar-refractivity contribution in [2.75, 3.05) is 0 Å². The van der Waals surface area contributed by atoms with Crippen LogP contribution in [0.25, 0.3) is 0 Å². The molecular formula is C22H32O2Si. The Morgan fingerprint density at radius 1 is 0.560 bits per heavy atom. The monoisotopic (exact) mass is 356 g/mol. The summed E-state index contributed by atoms with van der Waals surface area (Å²) in [5.74, 6) is 0. The molecule has 0 N–H and O–H groups in total. The molecule has 25 heavy (non-hydrogen) atoms. The van der Waals surface area contributed by atoms with Crippen molar-refractivity contribution < 1.29 is 8.85 Å². The van der Waals surface area contributed by atoms with Gasteiger partial charge in [-0.3, -0.25) is 0 Å². The van der Waals surface area contributed by atoms with Gasteiger partial charge in [0.15, 0.2) is 0 Å². The van der Waals surface area contributed by atoms with E-state index in [0.717, 1.165) is 10.4 Å². The third kappa shape index (κ3) is 5.27. The van der Waals surface area contributed by atoms with Crippen LogP contribution in [0.2, 0.25) is 0 Å². The van der Waals surface area contributed by atoms with Gasteiger partial charge in [-0.25, -0.2) is 0 Å². The number of hydrogen-bond acceptors (Lipinski definition) is 2. The van der Waals surface area contributed by atoms with E-state index in [2.05, 4.69) is 104 Å². The quantitative estimate of drug-likeness (QED) is 0.752. The molecule has 0 aliphatic rings. The zero-order chi connectivity index (χ0) is 18.9. The Hall–Kier alpha value is -1.42. The van der Waals surface area contributed by atoms with Crippen LogP contribution in [0.4, 0.5) is 0 Å². The minimum atomic E-state index is -2.86. The van der Waals surface area contributed by atoms with Crippen molar-refractivity contribution in [1.29, 1.82) is 0 Å². The van der Waals surface area contributed by atoms with Gasteiger partial charge in [-0.15, -0.1) is 0 Å². The van der Waals surface area contributed by atoms with Crippen LogP contribution >= 0.6 is 0 Å². The summed E-state index contributed by atoms with van der Waals surface area (Å²) in [6.07, 6.45) is 0. The van der Waals surface area contributed by atoms with Crippen LogP contribution in [0.15, 0.2) is 48.5 Å². The molecule has 0 unspecified atom stereocenters. The topological polar surface area (TPSA) is 18.5 Å². The highest BCUT2D eigenvalue weighted by molar-refractivity contribution is 6.92. The summed E-state index contributed by atoms with van der Waals surface area (Å²) in [5, 5.41) is 2.29. The van der Waals surface area contributed by atoms with Crippen molar-refractivity contribution in [3.05, 3.63) is 59.7 Å². The number of hydrogen-bond donors (Lipinski definition) is 0. The van der Waals surface area contributed by atoms with Crippen molar-refractivity contribution >= 4 is 18.9 Å². The van der Waals surface area contributed by atoms with E-state index in [9.17, 15) is 0 Å². The zero-order valence-electron chi connectivity index (χ0n) is 16.9. The molecule has 0 spiro atoms. The van der Waals surface area contributed by atoms with Crippen LogP contribution in [0.5, 0.6) is 0 Å². The third-order valence-corrected chi connectivity index (χ3v) is 7.75. The Morgan fingerprint density at radius 3 is 1.08 bits per heavy atom. The van der Waals surface area contributed by atoms with E-state index in [4.69, 9.17) is 8.85 Å². The third-order valence-electron chi connectivity index (χ3n) is 3.76. The molecule has 0 bridgehead atoms. The van der Waals surface area contributed by atoms with E-state index in [0.29, 0.717) is 0 Å². The van der Waals surface area contributed by atoms with Gasteiger partial charge in [-0.2, -0.15) is 0 Å². The van der Waals surface area contributed by atoms with E-state index in [1.807, 2.05) is 0 Å². The summed E-state index contributed by atoms with van der Waals surface area (Å²) in [6.45, 7) is 16.8. The molecule has 0 atom stereocenters. The molecule has 0 heterocycles. The van der Waals surface area contributed by atoms with E-state index in [1.54, 1.807) is 0 Å². The van der Waals surface area contributed by atoms with Gasteiger partial charge in [0.1, 0.15) is 0 Å². The fourth-order valence-corrected chi connectivity index (χ4v) is 6.61. The molecule has 0 amide bonds. The van der Waals surface area contributed by atoms with Gasteiger partial charge in [0.05, 0.1) is 11.2 Å². The second-order valence-corrected chi connectivity index (χ2v) is 11.6. The highest BCUT2D eigenvalue weighted by Gasteiger charge is 2.48. The molecule has 0 aliphatic heterocycles. The van der Waals surface area contributed by atoms with Gasteiger partial charge in [0.2, 0.25) is 0 Å². The maximum absolute atomic E-state index is 6.77. The van der Waals surface area contributed by atoms with Crippen molar-refractivity contribution in [3.8, 4) is 0 Å². The first-order valence-corrected chi connectivity index (χ1v) is 10.8. The van der Waals surface area contributed by atoms with E-state index in [-0.39, 0.29) is 11.2 Å². The zero-order valence-corrected chi connectivity index (χ0v) is 17.9. The molecule has 0 aromatic heterocycles. The average Bonchev–Trinajstić information content (AvgIpc) is 2.44. The predicted octanol–water partition coefficient (Wildman–Crippen LogP) is 4.49. The van der Waals surface area contributed by atoms with Gasteiger partial charge >= 0.3 is 8.56 Å². The molecule has 3 heteroatoms. The smallest absolute Gasteiger partial charge is 0.383 e. The molecule has 136 valence electrons. The molecular weight excluding hydrogens is 324 g/mol. The van der Waals surface area contributed by atoms with Crippen molar-refractivity contribution in [2.45, 2.75) is 66.6 Å². The van der Waals surface area contributed by atoms with E-state index < -0.39 is 8.56 Å². The van der Waals surface area contributed by atoms with Crippen LogP contribution in [0.3, 0.4) is 0 Å². The Kier molecular flexibility index (Phi) is 5.62. The normalized spacial score (nSPS) is 13.1. The summed E-state index contributed by atoms with van der Waals surface area (Å²) in [7, 11) is -2.86. The minimum Gasteiger partial charge on any atom is -0.383 e. The Morgan fingerprint density at radius 2 is 0.840 bits per heavy atom. The summed E-state index contributed by atoms with van der Waals surface area (Å²) >= 11 is 0. The van der Waals surface area contributed by atoms with Crippen molar-refractivity contribution in [1.82, 2.24) is 0 Å². The fourth-order valence-electron chi connectivity index (χ4n) is 2.83. The lowest BCUT2D eigenvalue weighted by Gasteiger charge is -2.41. The predicted molar refractivity (Wildman–Crippen MR) is 109 cm³/mol. The first-order valence-electron chi connectivity index (χ1n) is 8.96. The van der Waals surface area contributed by atoms with Gasteiger partial charge < -0.3 is 8.85 Å². The minimum absolute atomic E-state index is 0.312. The molecule has 0 saturated heterocycles. The maximum Gasteiger partial charge on any atom is 0.407 e. The average molecular weight is 357 g/mol. The first kappa shape index (κ1) is 19.9. The lowest BCUT2D eigenvalue weighted by Crippen LogP contribution is -2.68. The van der Waals surface area contributed by atoms with Gasteiger partial charge in [-0.1, -0.05) is 59.7 Å². The maximum atomic E-state index is 6.77. The highest BCUT2D eigenvalue weighted by atomic mass is 28.4. The van der Waals surface area contributed by atoms with E-state index in [1.165, 1.54) is 11.1 Å². The van der Waals surface area contributed by atoms with Gasteiger partial charge in [-0.05, 0) is 65.8 Å². The second kappa shape index (κ2) is 7.06. The standard InChI is InChI=1S/C22H32O2Si/c1-17-9-13-19(14-10-17)25(23-21(3,4)5,24-22(6,7)8)20-15-11-18(2)12-16-20/h9-16H,1-8H3. The SMILES string of the molecule is Cc1ccc([Si](OC(C)(C)C)(OC(C)(C)C)c2ccc(C)cc2)cc1. The molecule has 0 fully saturated rings. The van der Waals surface area contributed by atoms with Gasteiger partial charge in [0, 0.05) is 0 Å². The number of rotatable bonds is 4. The Balaban J connectivity index is 2.71. The van der Waals surface area contributed by atoms with Crippen LogP contribution in [0, 0.1) is 13.8 Å². The number of aryl methyl sites for hydroxylation is 2. The molecule has 0 aliphatic carbocycles. The summed E-state index contributed by atoms with van der Waals surface area (Å²) in [5.41, 5.74) is 1.85. The molecule has 0 saturated carbocycles. The van der Waals surface area contributed by atoms with Crippen molar-refractivity contribution in [2.24, 2.45) is 0 Å². The largest absolute Gasteiger partial charge is 0.407 e. The summed E-state index contributed by atoms with van der Waals surface area (Å²) < 4.78 is 13.5. The summed E-state index contributed by atoms with van der Waals surface area (Å²) in [4.78, 5) is 0. The molecule has 2 aromatic rings. The second-order valence-electron chi connectivity index (χ2n) is 8.78. The lowest BCUT2D eigenvalue weighted by molar-refractivity contribution is 0.0296.